The van der Waals surface area contributed by atoms with Crippen LogP contribution >= 0.6 is 0 Å². The van der Waals surface area contributed by atoms with Crippen molar-refractivity contribution in [1.82, 2.24) is 9.44 Å². The van der Waals surface area contributed by atoms with Gasteiger partial charge in [-0.05, 0) is 0 Å². The smallest absolute Gasteiger partial charge is 0.229 e. The topological polar surface area (TPSA) is 118 Å². The lowest BCUT2D eigenvalue weighted by atomic mass is 10.7. The van der Waals surface area contributed by atoms with E-state index < -0.39 is 45.3 Å². The summed E-state index contributed by atoms with van der Waals surface area (Å²) in [7, 11) is -8.24. The second-order valence-electron chi connectivity index (χ2n) is 2.70. The maximum Gasteiger partial charge on any atom is 0.402 e. The number of sulfonamides is 1. The minimum absolute atomic E-state index is 0.605. The SMILES string of the molecule is NS(=O)(=O)CCNS(=O)(=O)NCC(F)(F)F. The van der Waals surface area contributed by atoms with Gasteiger partial charge in [0.05, 0.1) is 5.75 Å². The molecule has 0 saturated carbocycles. The Morgan fingerprint density at radius 1 is 1.06 bits per heavy atom. The molecule has 0 aliphatic rings. The standard InChI is InChI=1S/C4H10F3N3O4S2/c5-4(6,7)3-10-16(13,14)9-1-2-15(8,11)12/h9-10H,1-3H2,(H2,8,11,12). The Hall–Kier alpha value is -0.430. The molecule has 0 amide bonds. The van der Waals surface area contributed by atoms with E-state index in [4.69, 9.17) is 0 Å². The lowest BCUT2D eigenvalue weighted by Crippen LogP contribution is -2.43. The summed E-state index contributed by atoms with van der Waals surface area (Å²) < 4.78 is 80.0. The van der Waals surface area contributed by atoms with Gasteiger partial charge in [-0.15, -0.1) is 0 Å². The summed E-state index contributed by atoms with van der Waals surface area (Å²) in [6, 6.07) is 0. The number of hydrogen-bond acceptors (Lipinski definition) is 4. The Bertz CT molecular complexity index is 414. The normalized spacial score (nSPS) is 14.0. The van der Waals surface area contributed by atoms with Crippen molar-refractivity contribution >= 4 is 20.2 Å². The average Bonchev–Trinajstić information content (AvgIpc) is 1.97. The van der Waals surface area contributed by atoms with Gasteiger partial charge in [-0.2, -0.15) is 26.3 Å². The number of halogens is 3. The summed E-state index contributed by atoms with van der Waals surface area (Å²) >= 11 is 0. The zero-order valence-electron chi connectivity index (χ0n) is 7.78. The van der Waals surface area contributed by atoms with Crippen molar-refractivity contribution in [2.24, 2.45) is 5.14 Å². The van der Waals surface area contributed by atoms with Crippen molar-refractivity contribution in [1.29, 1.82) is 0 Å². The minimum Gasteiger partial charge on any atom is -0.229 e. The van der Waals surface area contributed by atoms with Crippen LogP contribution in [0.1, 0.15) is 0 Å². The van der Waals surface area contributed by atoms with Gasteiger partial charge < -0.3 is 0 Å². The Morgan fingerprint density at radius 2 is 1.56 bits per heavy atom. The molecule has 0 aromatic carbocycles. The molecule has 7 nitrogen and oxygen atoms in total. The van der Waals surface area contributed by atoms with Crippen LogP contribution in [0.2, 0.25) is 0 Å². The van der Waals surface area contributed by atoms with E-state index in [1.807, 2.05) is 0 Å². The minimum atomic E-state index is -4.69. The third-order valence-corrected chi connectivity index (χ3v) is 3.02. The summed E-state index contributed by atoms with van der Waals surface area (Å²) in [5.41, 5.74) is 0. The third-order valence-electron chi connectivity index (χ3n) is 1.14. The molecule has 0 unspecified atom stereocenters. The molecule has 0 saturated heterocycles. The van der Waals surface area contributed by atoms with E-state index in [2.05, 4.69) is 5.14 Å². The molecule has 0 aromatic rings. The number of nitrogens with one attached hydrogen (secondary N) is 2. The van der Waals surface area contributed by atoms with E-state index in [-0.39, 0.29) is 0 Å². The Kier molecular flexibility index (Phi) is 5.13. The molecule has 0 spiro atoms. The van der Waals surface area contributed by atoms with Crippen molar-refractivity contribution in [3.63, 3.8) is 0 Å². The zero-order chi connectivity index (χ0) is 13.0. The average molecular weight is 285 g/mol. The molecule has 4 N–H and O–H groups in total. The fourth-order valence-electron chi connectivity index (χ4n) is 0.546. The molecule has 0 heterocycles. The molecule has 12 heteroatoms. The first-order valence-electron chi connectivity index (χ1n) is 3.73. The Morgan fingerprint density at radius 3 is 1.94 bits per heavy atom. The number of primary sulfonamides is 1. The summed E-state index contributed by atoms with van der Waals surface area (Å²) in [5.74, 6) is -0.708. The van der Waals surface area contributed by atoms with Crippen LogP contribution in [0.4, 0.5) is 13.2 Å². The largest absolute Gasteiger partial charge is 0.402 e. The second kappa shape index (κ2) is 5.27. The molecule has 0 radical (unpaired) electrons. The molecule has 0 aliphatic carbocycles. The molecule has 16 heavy (non-hydrogen) atoms. The van der Waals surface area contributed by atoms with E-state index in [1.54, 1.807) is 4.72 Å². The summed E-state index contributed by atoms with van der Waals surface area (Å²) in [6.45, 7) is -2.34. The van der Waals surface area contributed by atoms with Crippen LogP contribution in [-0.4, -0.2) is 41.9 Å². The van der Waals surface area contributed by atoms with Gasteiger partial charge in [0.2, 0.25) is 10.0 Å². The van der Waals surface area contributed by atoms with Crippen LogP contribution in [0.5, 0.6) is 0 Å². The van der Waals surface area contributed by atoms with E-state index in [0.29, 0.717) is 0 Å². The molecule has 0 atom stereocenters. The third kappa shape index (κ3) is 10.1. The first kappa shape index (κ1) is 15.6. The van der Waals surface area contributed by atoms with Crippen molar-refractivity contribution in [3.05, 3.63) is 0 Å². The van der Waals surface area contributed by atoms with Gasteiger partial charge in [0.1, 0.15) is 6.54 Å². The van der Waals surface area contributed by atoms with Gasteiger partial charge in [-0.1, -0.05) is 0 Å². The Balaban J connectivity index is 4.08. The highest BCUT2D eigenvalue weighted by atomic mass is 32.2. The number of hydrogen-bond donors (Lipinski definition) is 3. The Labute approximate surface area is 90.4 Å². The van der Waals surface area contributed by atoms with Crippen LogP contribution in [0.3, 0.4) is 0 Å². The van der Waals surface area contributed by atoms with Gasteiger partial charge in [-0.3, -0.25) is 0 Å². The van der Waals surface area contributed by atoms with Crippen molar-refractivity contribution in [2.75, 3.05) is 18.8 Å². The van der Waals surface area contributed by atoms with E-state index in [0.717, 1.165) is 0 Å². The van der Waals surface area contributed by atoms with Crippen molar-refractivity contribution in [3.8, 4) is 0 Å². The highest BCUT2D eigenvalue weighted by molar-refractivity contribution is 7.89. The van der Waals surface area contributed by atoms with Gasteiger partial charge in [0.15, 0.2) is 0 Å². The van der Waals surface area contributed by atoms with Crippen LogP contribution in [0, 0.1) is 0 Å². The molecule has 0 fully saturated rings. The lowest BCUT2D eigenvalue weighted by Gasteiger charge is -2.09. The van der Waals surface area contributed by atoms with Gasteiger partial charge in [0.25, 0.3) is 10.2 Å². The fourth-order valence-corrected chi connectivity index (χ4v) is 1.89. The van der Waals surface area contributed by atoms with Gasteiger partial charge in [0, 0.05) is 6.54 Å². The fraction of sp³-hybridized carbons (Fsp3) is 1.00. The maximum absolute atomic E-state index is 11.6. The molecule has 98 valence electrons. The van der Waals surface area contributed by atoms with Crippen molar-refractivity contribution < 1.29 is 30.0 Å². The second-order valence-corrected chi connectivity index (χ2v) is 6.02. The number of rotatable bonds is 6. The van der Waals surface area contributed by atoms with Crippen LogP contribution in [-0.2, 0) is 20.2 Å². The summed E-state index contributed by atoms with van der Waals surface area (Å²) in [4.78, 5) is 0. The molecule has 0 aliphatic heterocycles. The van der Waals surface area contributed by atoms with Crippen LogP contribution in [0.25, 0.3) is 0 Å². The van der Waals surface area contributed by atoms with Gasteiger partial charge >= 0.3 is 6.18 Å². The quantitative estimate of drug-likeness (QED) is 0.537. The summed E-state index contributed by atoms with van der Waals surface area (Å²) in [6.07, 6.45) is -4.69. The molecule has 0 rings (SSSR count). The molecular formula is C4H10F3N3O4S2. The monoisotopic (exact) mass is 285 g/mol. The van der Waals surface area contributed by atoms with Gasteiger partial charge in [-0.25, -0.2) is 18.3 Å². The van der Waals surface area contributed by atoms with Crippen LogP contribution < -0.4 is 14.6 Å². The zero-order valence-corrected chi connectivity index (χ0v) is 9.42. The highest BCUT2D eigenvalue weighted by Crippen LogP contribution is 2.12. The first-order valence-corrected chi connectivity index (χ1v) is 6.93. The van der Waals surface area contributed by atoms with E-state index >= 15 is 0 Å². The predicted molar refractivity (Wildman–Crippen MR) is 49.0 cm³/mol. The highest BCUT2D eigenvalue weighted by Gasteiger charge is 2.29. The van der Waals surface area contributed by atoms with E-state index in [1.165, 1.54) is 4.72 Å². The van der Waals surface area contributed by atoms with E-state index in [9.17, 15) is 30.0 Å². The van der Waals surface area contributed by atoms with Crippen LogP contribution in [0.15, 0.2) is 0 Å². The first-order chi connectivity index (χ1) is 6.91. The molecular weight excluding hydrogens is 275 g/mol. The molecule has 0 bridgehead atoms. The number of alkyl halides is 3. The maximum atomic E-state index is 11.6. The molecule has 0 aromatic heterocycles. The predicted octanol–water partition coefficient (Wildman–Crippen LogP) is -1.74. The lowest BCUT2D eigenvalue weighted by molar-refractivity contribution is -0.121. The summed E-state index contributed by atoms with van der Waals surface area (Å²) in [5, 5.41) is 4.55. The number of nitrogens with two attached hydrogens (primary N) is 1. The van der Waals surface area contributed by atoms with Crippen molar-refractivity contribution in [2.45, 2.75) is 6.18 Å².